The van der Waals surface area contributed by atoms with Crippen molar-refractivity contribution in [3.05, 3.63) is 0 Å². The molecule has 0 aromatic rings. The van der Waals surface area contributed by atoms with Crippen LogP contribution in [-0.4, -0.2) is 60.0 Å². The van der Waals surface area contributed by atoms with Gasteiger partial charge in [0.25, 0.3) is 0 Å². The van der Waals surface area contributed by atoms with E-state index in [1.54, 1.807) is 0 Å². The summed E-state index contributed by atoms with van der Waals surface area (Å²) < 4.78 is 6.14. The van der Waals surface area contributed by atoms with Crippen LogP contribution in [0.15, 0.2) is 0 Å². The van der Waals surface area contributed by atoms with E-state index in [1.807, 2.05) is 16.7 Å². The lowest BCUT2D eigenvalue weighted by Crippen LogP contribution is -2.51. The average molecular weight is 322 g/mol. The fraction of sp³-hybridized carbons (Fsp3) is 0.889. The minimum atomic E-state index is -0.0846. The molecule has 5 nitrogen and oxygen atoms in total. The number of carbonyl (C=O) groups is 2. The minimum Gasteiger partial charge on any atom is -0.375 e. The molecular weight excluding hydrogens is 292 g/mol. The number of rotatable bonds is 3. The van der Waals surface area contributed by atoms with Crippen LogP contribution < -0.4 is 0 Å². The van der Waals surface area contributed by atoms with Crippen molar-refractivity contribution in [2.75, 3.05) is 32.8 Å². The summed E-state index contributed by atoms with van der Waals surface area (Å²) in [5, 5.41) is 0. The standard InChI is InChI=1S/C18H30N2O3/c1-2-16(21)20-10-6-18(7-11-20)14-15(5-12-23-18)13-17(22)19-8-3-4-9-19/h15H,2-14H2,1H3. The van der Waals surface area contributed by atoms with Crippen LogP contribution in [-0.2, 0) is 14.3 Å². The molecule has 1 atom stereocenters. The SMILES string of the molecule is CCC(=O)N1CCC2(CC1)CC(CC(=O)N1CCCC1)CCO2. The van der Waals surface area contributed by atoms with Crippen molar-refractivity contribution in [1.29, 1.82) is 0 Å². The largest absolute Gasteiger partial charge is 0.375 e. The van der Waals surface area contributed by atoms with Crippen molar-refractivity contribution in [2.24, 2.45) is 5.92 Å². The second kappa shape index (κ2) is 7.20. The molecule has 0 radical (unpaired) electrons. The zero-order chi connectivity index (χ0) is 16.3. The quantitative estimate of drug-likeness (QED) is 0.800. The van der Waals surface area contributed by atoms with Crippen LogP contribution in [0, 0.1) is 5.92 Å². The smallest absolute Gasteiger partial charge is 0.222 e. The number of ether oxygens (including phenoxy) is 1. The molecule has 3 saturated heterocycles. The Labute approximate surface area is 139 Å². The maximum absolute atomic E-state index is 12.4. The van der Waals surface area contributed by atoms with Gasteiger partial charge in [-0.1, -0.05) is 6.92 Å². The Morgan fingerprint density at radius 2 is 1.70 bits per heavy atom. The Morgan fingerprint density at radius 3 is 2.35 bits per heavy atom. The summed E-state index contributed by atoms with van der Waals surface area (Å²) in [4.78, 5) is 28.2. The van der Waals surface area contributed by atoms with Gasteiger partial charge in [0.15, 0.2) is 0 Å². The zero-order valence-electron chi connectivity index (χ0n) is 14.4. The Balaban J connectivity index is 1.52. The van der Waals surface area contributed by atoms with Gasteiger partial charge >= 0.3 is 0 Å². The van der Waals surface area contributed by atoms with E-state index in [1.165, 1.54) is 0 Å². The number of hydrogen-bond acceptors (Lipinski definition) is 3. The highest BCUT2D eigenvalue weighted by Crippen LogP contribution is 2.39. The van der Waals surface area contributed by atoms with Crippen molar-refractivity contribution >= 4 is 11.8 Å². The van der Waals surface area contributed by atoms with Gasteiger partial charge in [-0.15, -0.1) is 0 Å². The van der Waals surface area contributed by atoms with Crippen molar-refractivity contribution in [2.45, 2.75) is 63.9 Å². The third kappa shape index (κ3) is 3.87. The molecule has 0 aliphatic carbocycles. The third-order valence-electron chi connectivity index (χ3n) is 5.85. The molecule has 5 heteroatoms. The minimum absolute atomic E-state index is 0.0846. The fourth-order valence-corrected chi connectivity index (χ4v) is 4.38. The summed E-state index contributed by atoms with van der Waals surface area (Å²) in [5.74, 6) is 1.03. The lowest BCUT2D eigenvalue weighted by molar-refractivity contribution is -0.149. The van der Waals surface area contributed by atoms with Gasteiger partial charge in [0, 0.05) is 45.6 Å². The average Bonchev–Trinajstić information content (AvgIpc) is 3.10. The van der Waals surface area contributed by atoms with E-state index in [0.29, 0.717) is 24.7 Å². The molecule has 1 unspecified atom stereocenters. The van der Waals surface area contributed by atoms with Crippen LogP contribution in [0.2, 0.25) is 0 Å². The molecule has 23 heavy (non-hydrogen) atoms. The molecule has 0 N–H and O–H groups in total. The van der Waals surface area contributed by atoms with Crippen molar-refractivity contribution in [3.63, 3.8) is 0 Å². The molecule has 130 valence electrons. The Hall–Kier alpha value is -1.10. The van der Waals surface area contributed by atoms with Crippen molar-refractivity contribution in [3.8, 4) is 0 Å². The second-order valence-electron chi connectivity index (χ2n) is 7.42. The highest BCUT2D eigenvalue weighted by Gasteiger charge is 2.41. The molecular formula is C18H30N2O3. The number of hydrogen-bond donors (Lipinski definition) is 0. The first kappa shape index (κ1) is 16.7. The van der Waals surface area contributed by atoms with E-state index in [-0.39, 0.29) is 11.5 Å². The van der Waals surface area contributed by atoms with Gasteiger partial charge in [-0.3, -0.25) is 9.59 Å². The first-order valence-corrected chi connectivity index (χ1v) is 9.31. The van der Waals surface area contributed by atoms with Crippen molar-refractivity contribution in [1.82, 2.24) is 9.80 Å². The van der Waals surface area contributed by atoms with Gasteiger partial charge < -0.3 is 14.5 Å². The molecule has 2 amide bonds. The first-order valence-electron chi connectivity index (χ1n) is 9.31. The molecule has 0 aromatic carbocycles. The van der Waals surface area contributed by atoms with Gasteiger partial charge in [0.1, 0.15) is 0 Å². The predicted octanol–water partition coefficient (Wildman–Crippen LogP) is 2.20. The van der Waals surface area contributed by atoms with Crippen LogP contribution >= 0.6 is 0 Å². The number of likely N-dealkylation sites (tertiary alicyclic amines) is 2. The topological polar surface area (TPSA) is 49.9 Å². The number of nitrogens with zero attached hydrogens (tertiary/aromatic N) is 2. The maximum Gasteiger partial charge on any atom is 0.222 e. The van der Waals surface area contributed by atoms with E-state index in [4.69, 9.17) is 4.74 Å². The molecule has 3 rings (SSSR count). The van der Waals surface area contributed by atoms with Gasteiger partial charge in [0.05, 0.1) is 5.60 Å². The molecule has 1 spiro atoms. The summed E-state index contributed by atoms with van der Waals surface area (Å²) in [6.45, 7) is 6.19. The van der Waals surface area contributed by atoms with Gasteiger partial charge in [-0.25, -0.2) is 0 Å². The first-order chi connectivity index (χ1) is 11.1. The number of carbonyl (C=O) groups excluding carboxylic acids is 2. The third-order valence-corrected chi connectivity index (χ3v) is 5.85. The summed E-state index contributed by atoms with van der Waals surface area (Å²) >= 11 is 0. The van der Waals surface area contributed by atoms with Crippen molar-refractivity contribution < 1.29 is 14.3 Å². The van der Waals surface area contributed by atoms with Gasteiger partial charge in [-0.2, -0.15) is 0 Å². The van der Waals surface area contributed by atoms with E-state index in [9.17, 15) is 9.59 Å². The molecule has 3 fully saturated rings. The van der Waals surface area contributed by atoms with E-state index < -0.39 is 0 Å². The summed E-state index contributed by atoms with van der Waals surface area (Å²) in [6, 6.07) is 0. The van der Waals surface area contributed by atoms with E-state index >= 15 is 0 Å². The molecule has 0 bridgehead atoms. The van der Waals surface area contributed by atoms with Crippen LogP contribution in [0.4, 0.5) is 0 Å². The predicted molar refractivity (Wildman–Crippen MR) is 87.9 cm³/mol. The number of amides is 2. The summed E-state index contributed by atoms with van der Waals surface area (Å²) in [5.41, 5.74) is -0.0846. The maximum atomic E-state index is 12.4. The molecule has 0 saturated carbocycles. The van der Waals surface area contributed by atoms with E-state index in [2.05, 4.69) is 0 Å². The summed E-state index contributed by atoms with van der Waals surface area (Å²) in [6.07, 6.45) is 7.42. The fourth-order valence-electron chi connectivity index (χ4n) is 4.38. The summed E-state index contributed by atoms with van der Waals surface area (Å²) in [7, 11) is 0. The molecule has 3 aliphatic heterocycles. The highest BCUT2D eigenvalue weighted by molar-refractivity contribution is 5.77. The zero-order valence-corrected chi connectivity index (χ0v) is 14.4. The van der Waals surface area contributed by atoms with Crippen LogP contribution in [0.3, 0.4) is 0 Å². The Kier molecular flexibility index (Phi) is 5.24. The Bertz CT molecular complexity index is 438. The Morgan fingerprint density at radius 1 is 1.04 bits per heavy atom. The van der Waals surface area contributed by atoms with Crippen LogP contribution in [0.5, 0.6) is 0 Å². The van der Waals surface area contributed by atoms with E-state index in [0.717, 1.165) is 71.3 Å². The van der Waals surface area contributed by atoms with Crippen LogP contribution in [0.1, 0.15) is 58.3 Å². The van der Waals surface area contributed by atoms with Crippen LogP contribution in [0.25, 0.3) is 0 Å². The second-order valence-corrected chi connectivity index (χ2v) is 7.42. The highest BCUT2D eigenvalue weighted by atomic mass is 16.5. The molecule has 3 heterocycles. The number of piperidine rings is 1. The van der Waals surface area contributed by atoms with Gasteiger partial charge in [-0.05, 0) is 44.4 Å². The lowest BCUT2D eigenvalue weighted by atomic mass is 9.78. The normalized spacial score (nSPS) is 27.4. The van der Waals surface area contributed by atoms with Gasteiger partial charge in [0.2, 0.25) is 11.8 Å². The molecule has 0 aromatic heterocycles. The lowest BCUT2D eigenvalue weighted by Gasteiger charge is -2.46. The monoisotopic (exact) mass is 322 g/mol. The molecule has 3 aliphatic rings.